The molecule has 25 heavy (non-hydrogen) atoms. The number of rotatable bonds is 5. The highest BCUT2D eigenvalue weighted by molar-refractivity contribution is 5.94. The van der Waals surface area contributed by atoms with Crippen molar-refractivity contribution in [1.82, 2.24) is 15.3 Å². The second kappa shape index (κ2) is 7.53. The minimum Gasteiger partial charge on any atom is -0.494 e. The molecule has 6 heteroatoms. The van der Waals surface area contributed by atoms with E-state index in [1.54, 1.807) is 24.7 Å². The molecular weight excluding hydrogens is 321 g/mol. The maximum Gasteiger partial charge on any atom is 0.251 e. The maximum atomic E-state index is 13.7. The van der Waals surface area contributed by atoms with E-state index in [1.807, 2.05) is 18.2 Å². The number of amides is 1. The Morgan fingerprint density at radius 3 is 2.68 bits per heavy atom. The van der Waals surface area contributed by atoms with Crippen molar-refractivity contribution in [2.75, 3.05) is 7.11 Å². The molecular formula is C19H16FN3O2. The van der Waals surface area contributed by atoms with Crippen LogP contribution in [0.4, 0.5) is 4.39 Å². The second-order valence-electron chi connectivity index (χ2n) is 5.28. The van der Waals surface area contributed by atoms with E-state index in [2.05, 4.69) is 15.3 Å². The predicted molar refractivity (Wildman–Crippen MR) is 91.6 cm³/mol. The van der Waals surface area contributed by atoms with Crippen LogP contribution in [0.3, 0.4) is 0 Å². The number of hydrogen-bond donors (Lipinski definition) is 1. The first-order valence-electron chi connectivity index (χ1n) is 7.65. The molecule has 3 rings (SSSR count). The van der Waals surface area contributed by atoms with E-state index in [1.165, 1.54) is 19.2 Å². The van der Waals surface area contributed by atoms with Crippen molar-refractivity contribution in [2.45, 2.75) is 6.54 Å². The van der Waals surface area contributed by atoms with E-state index in [9.17, 15) is 9.18 Å². The van der Waals surface area contributed by atoms with Crippen LogP contribution in [0.1, 0.15) is 15.9 Å². The van der Waals surface area contributed by atoms with Crippen molar-refractivity contribution < 1.29 is 13.9 Å². The summed E-state index contributed by atoms with van der Waals surface area (Å²) in [5.74, 6) is -0.844. The van der Waals surface area contributed by atoms with E-state index in [0.29, 0.717) is 0 Å². The lowest BCUT2D eigenvalue weighted by atomic mass is 10.1. The number of pyridine rings is 2. The van der Waals surface area contributed by atoms with Gasteiger partial charge in [0.2, 0.25) is 0 Å². The molecule has 0 radical (unpaired) electrons. The Balaban J connectivity index is 1.76. The summed E-state index contributed by atoms with van der Waals surface area (Å²) in [7, 11) is 1.38. The second-order valence-corrected chi connectivity index (χ2v) is 5.28. The Bertz CT molecular complexity index is 885. The molecule has 0 aliphatic rings. The Kier molecular flexibility index (Phi) is 4.99. The van der Waals surface area contributed by atoms with Gasteiger partial charge in [0.05, 0.1) is 12.8 Å². The number of nitrogens with one attached hydrogen (secondary N) is 1. The molecule has 1 N–H and O–H groups in total. The molecule has 0 unspecified atom stereocenters. The van der Waals surface area contributed by atoms with Gasteiger partial charge >= 0.3 is 0 Å². The molecule has 0 spiro atoms. The van der Waals surface area contributed by atoms with Gasteiger partial charge in [0.15, 0.2) is 11.6 Å². The number of ether oxygens (including phenoxy) is 1. The quantitative estimate of drug-likeness (QED) is 0.776. The Labute approximate surface area is 144 Å². The van der Waals surface area contributed by atoms with Gasteiger partial charge in [-0.2, -0.15) is 0 Å². The van der Waals surface area contributed by atoms with Gasteiger partial charge in [-0.1, -0.05) is 6.07 Å². The van der Waals surface area contributed by atoms with E-state index in [0.717, 1.165) is 22.9 Å². The van der Waals surface area contributed by atoms with Crippen molar-refractivity contribution in [3.05, 3.63) is 78.0 Å². The van der Waals surface area contributed by atoms with Gasteiger partial charge in [0.1, 0.15) is 0 Å². The van der Waals surface area contributed by atoms with E-state index in [-0.39, 0.29) is 23.8 Å². The average Bonchev–Trinajstić information content (AvgIpc) is 2.67. The van der Waals surface area contributed by atoms with Crippen molar-refractivity contribution in [1.29, 1.82) is 0 Å². The summed E-state index contributed by atoms with van der Waals surface area (Å²) in [5.41, 5.74) is 2.77. The minimum atomic E-state index is -0.575. The lowest BCUT2D eigenvalue weighted by Gasteiger charge is -2.10. The summed E-state index contributed by atoms with van der Waals surface area (Å²) >= 11 is 0. The zero-order chi connectivity index (χ0) is 17.6. The lowest BCUT2D eigenvalue weighted by molar-refractivity contribution is 0.0950. The third kappa shape index (κ3) is 3.80. The van der Waals surface area contributed by atoms with E-state index in [4.69, 9.17) is 4.74 Å². The van der Waals surface area contributed by atoms with Crippen LogP contribution >= 0.6 is 0 Å². The number of carbonyl (C=O) groups excluding carboxylic acids is 1. The molecule has 2 aromatic heterocycles. The van der Waals surface area contributed by atoms with Gasteiger partial charge in [-0.25, -0.2) is 4.39 Å². The van der Waals surface area contributed by atoms with Crippen LogP contribution in [0, 0.1) is 5.82 Å². The minimum absolute atomic E-state index is 0.101. The van der Waals surface area contributed by atoms with Gasteiger partial charge in [0, 0.05) is 36.3 Å². The van der Waals surface area contributed by atoms with E-state index < -0.39 is 5.82 Å². The monoisotopic (exact) mass is 337 g/mol. The van der Waals surface area contributed by atoms with Crippen LogP contribution in [0.5, 0.6) is 5.75 Å². The molecule has 0 saturated heterocycles. The molecule has 0 fully saturated rings. The third-order valence-corrected chi connectivity index (χ3v) is 3.70. The summed E-state index contributed by atoms with van der Waals surface area (Å²) < 4.78 is 18.6. The summed E-state index contributed by atoms with van der Waals surface area (Å²) in [6, 6.07) is 11.5. The summed E-state index contributed by atoms with van der Waals surface area (Å²) in [5, 5.41) is 2.79. The SMILES string of the molecule is COc1ccc(C(=O)NCc2cccnc2-c2ccncc2)cc1F. The molecule has 0 bridgehead atoms. The average molecular weight is 337 g/mol. The highest BCUT2D eigenvalue weighted by Gasteiger charge is 2.12. The van der Waals surface area contributed by atoms with Gasteiger partial charge in [-0.15, -0.1) is 0 Å². The van der Waals surface area contributed by atoms with Crippen LogP contribution in [0.15, 0.2) is 61.1 Å². The zero-order valence-corrected chi connectivity index (χ0v) is 13.6. The Morgan fingerprint density at radius 2 is 1.96 bits per heavy atom. The first kappa shape index (κ1) is 16.6. The largest absolute Gasteiger partial charge is 0.494 e. The number of aromatic nitrogens is 2. The maximum absolute atomic E-state index is 13.7. The number of carbonyl (C=O) groups is 1. The highest BCUT2D eigenvalue weighted by Crippen LogP contribution is 2.21. The van der Waals surface area contributed by atoms with E-state index >= 15 is 0 Å². The topological polar surface area (TPSA) is 64.1 Å². The number of hydrogen-bond acceptors (Lipinski definition) is 4. The summed E-state index contributed by atoms with van der Waals surface area (Å²) in [6.07, 6.45) is 5.07. The molecule has 0 atom stereocenters. The van der Waals surface area contributed by atoms with Crippen molar-refractivity contribution in [3.8, 4) is 17.0 Å². The summed E-state index contributed by atoms with van der Waals surface area (Å²) in [4.78, 5) is 20.6. The Morgan fingerprint density at radius 1 is 1.16 bits per heavy atom. The number of methoxy groups -OCH3 is 1. The van der Waals surface area contributed by atoms with Crippen molar-refractivity contribution >= 4 is 5.91 Å². The first-order chi connectivity index (χ1) is 12.2. The van der Waals surface area contributed by atoms with Crippen molar-refractivity contribution in [2.24, 2.45) is 0 Å². The van der Waals surface area contributed by atoms with Crippen LogP contribution in [-0.2, 0) is 6.54 Å². The molecule has 0 aliphatic heterocycles. The van der Waals surface area contributed by atoms with Crippen LogP contribution in [-0.4, -0.2) is 23.0 Å². The number of benzene rings is 1. The summed E-state index contributed by atoms with van der Waals surface area (Å²) in [6.45, 7) is 0.276. The van der Waals surface area contributed by atoms with Gasteiger partial charge in [-0.05, 0) is 42.0 Å². The molecule has 126 valence electrons. The molecule has 1 amide bonds. The van der Waals surface area contributed by atoms with Gasteiger partial charge < -0.3 is 10.1 Å². The predicted octanol–water partition coefficient (Wildman–Crippen LogP) is 3.22. The zero-order valence-electron chi connectivity index (χ0n) is 13.6. The lowest BCUT2D eigenvalue weighted by Crippen LogP contribution is -2.23. The molecule has 5 nitrogen and oxygen atoms in total. The van der Waals surface area contributed by atoms with Crippen LogP contribution in [0.25, 0.3) is 11.3 Å². The fraction of sp³-hybridized carbons (Fsp3) is 0.105. The molecule has 1 aromatic carbocycles. The molecule has 3 aromatic rings. The molecule has 2 heterocycles. The van der Waals surface area contributed by atoms with Crippen LogP contribution < -0.4 is 10.1 Å². The van der Waals surface area contributed by atoms with Gasteiger partial charge in [-0.3, -0.25) is 14.8 Å². The number of halogens is 1. The van der Waals surface area contributed by atoms with Crippen molar-refractivity contribution in [3.63, 3.8) is 0 Å². The standard InChI is InChI=1S/C19H16FN3O2/c1-25-17-5-4-14(11-16(17)20)19(24)23-12-15-3-2-8-22-18(15)13-6-9-21-10-7-13/h2-11H,12H2,1H3,(H,23,24). The smallest absolute Gasteiger partial charge is 0.251 e. The first-order valence-corrected chi connectivity index (χ1v) is 7.65. The molecule has 0 saturated carbocycles. The fourth-order valence-electron chi connectivity index (χ4n) is 2.44. The normalized spacial score (nSPS) is 10.3. The van der Waals surface area contributed by atoms with Gasteiger partial charge in [0.25, 0.3) is 5.91 Å². The Hall–Kier alpha value is -3.28. The van der Waals surface area contributed by atoms with Crippen LogP contribution in [0.2, 0.25) is 0 Å². The fourth-order valence-corrected chi connectivity index (χ4v) is 2.44. The highest BCUT2D eigenvalue weighted by atomic mass is 19.1. The number of nitrogens with zero attached hydrogens (tertiary/aromatic N) is 2. The molecule has 0 aliphatic carbocycles. The third-order valence-electron chi connectivity index (χ3n) is 3.70.